The van der Waals surface area contributed by atoms with Crippen LogP contribution in [0.2, 0.25) is 0 Å². The SMILES string of the molecule is Cc1ccc(-c2nnc(Cn3ncc(N4CCCC4)cc3=O)o2)n1C. The lowest BCUT2D eigenvalue weighted by atomic mass is 10.4. The fourth-order valence-electron chi connectivity index (χ4n) is 3.07. The standard InChI is InChI=1S/C17H20N6O2/c1-12-5-6-14(21(12)2)17-20-19-15(25-17)11-23-16(24)9-13(10-18-23)22-7-3-4-8-22/h5-6,9-10H,3-4,7-8,11H2,1-2H3. The van der Waals surface area contributed by atoms with E-state index >= 15 is 0 Å². The van der Waals surface area contributed by atoms with Gasteiger partial charge in [-0.2, -0.15) is 5.10 Å². The zero-order valence-electron chi connectivity index (χ0n) is 14.3. The lowest BCUT2D eigenvalue weighted by molar-refractivity contribution is 0.463. The van der Waals surface area contributed by atoms with Gasteiger partial charge in [0.15, 0.2) is 0 Å². The van der Waals surface area contributed by atoms with Crippen LogP contribution in [-0.4, -0.2) is 37.6 Å². The lowest BCUT2D eigenvalue weighted by Gasteiger charge is -2.16. The van der Waals surface area contributed by atoms with Crippen LogP contribution in [0.5, 0.6) is 0 Å². The Hall–Kier alpha value is -2.90. The van der Waals surface area contributed by atoms with Crippen molar-refractivity contribution in [2.24, 2.45) is 7.05 Å². The topological polar surface area (TPSA) is 82.0 Å². The summed E-state index contributed by atoms with van der Waals surface area (Å²) < 4.78 is 9.02. The highest BCUT2D eigenvalue weighted by Gasteiger charge is 2.16. The van der Waals surface area contributed by atoms with Gasteiger partial charge in [-0.25, -0.2) is 4.68 Å². The Morgan fingerprint density at radius 2 is 2.00 bits per heavy atom. The van der Waals surface area contributed by atoms with Crippen molar-refractivity contribution in [3.63, 3.8) is 0 Å². The van der Waals surface area contributed by atoms with E-state index in [1.54, 1.807) is 12.3 Å². The van der Waals surface area contributed by atoms with Crippen molar-refractivity contribution in [2.45, 2.75) is 26.3 Å². The lowest BCUT2D eigenvalue weighted by Crippen LogP contribution is -2.26. The molecule has 8 heteroatoms. The minimum atomic E-state index is -0.168. The maximum atomic E-state index is 12.3. The van der Waals surface area contributed by atoms with Crippen molar-refractivity contribution >= 4 is 5.69 Å². The second-order valence-electron chi connectivity index (χ2n) is 6.32. The van der Waals surface area contributed by atoms with Gasteiger partial charge in [0.2, 0.25) is 5.89 Å². The van der Waals surface area contributed by atoms with Crippen molar-refractivity contribution < 1.29 is 4.42 Å². The predicted octanol–water partition coefficient (Wildman–Crippen LogP) is 1.59. The molecule has 130 valence electrons. The van der Waals surface area contributed by atoms with Gasteiger partial charge in [0.05, 0.1) is 11.9 Å². The first-order valence-electron chi connectivity index (χ1n) is 8.39. The molecule has 0 bridgehead atoms. The van der Waals surface area contributed by atoms with Crippen molar-refractivity contribution in [3.8, 4) is 11.6 Å². The molecule has 3 aromatic rings. The molecule has 0 spiro atoms. The van der Waals surface area contributed by atoms with Crippen LogP contribution < -0.4 is 10.5 Å². The summed E-state index contributed by atoms with van der Waals surface area (Å²) in [5.74, 6) is 0.796. The smallest absolute Gasteiger partial charge is 0.269 e. The summed E-state index contributed by atoms with van der Waals surface area (Å²) in [4.78, 5) is 14.5. The largest absolute Gasteiger partial charge is 0.417 e. The number of hydrogen-bond donors (Lipinski definition) is 0. The summed E-state index contributed by atoms with van der Waals surface area (Å²) in [5, 5.41) is 12.4. The highest BCUT2D eigenvalue weighted by Crippen LogP contribution is 2.20. The number of hydrogen-bond acceptors (Lipinski definition) is 6. The van der Waals surface area contributed by atoms with Crippen LogP contribution in [0.1, 0.15) is 24.4 Å². The zero-order chi connectivity index (χ0) is 17.4. The normalized spacial score (nSPS) is 14.4. The third-order valence-corrected chi connectivity index (χ3v) is 4.67. The number of aromatic nitrogens is 5. The Morgan fingerprint density at radius 3 is 2.68 bits per heavy atom. The number of rotatable bonds is 4. The molecular weight excluding hydrogens is 320 g/mol. The zero-order valence-corrected chi connectivity index (χ0v) is 14.3. The Labute approximate surface area is 144 Å². The Balaban J connectivity index is 1.54. The van der Waals surface area contributed by atoms with Gasteiger partial charge >= 0.3 is 0 Å². The molecule has 0 amide bonds. The molecule has 0 aliphatic carbocycles. The van der Waals surface area contributed by atoms with E-state index in [4.69, 9.17) is 4.42 Å². The van der Waals surface area contributed by atoms with E-state index in [9.17, 15) is 4.79 Å². The molecule has 1 saturated heterocycles. The van der Waals surface area contributed by atoms with Gasteiger partial charge in [-0.05, 0) is 31.9 Å². The van der Waals surface area contributed by atoms with E-state index in [0.717, 1.165) is 43.0 Å². The van der Waals surface area contributed by atoms with Gasteiger partial charge in [0.1, 0.15) is 12.2 Å². The average Bonchev–Trinajstić information content (AvgIpc) is 3.33. The molecule has 0 atom stereocenters. The summed E-state index contributed by atoms with van der Waals surface area (Å²) in [6.07, 6.45) is 4.05. The van der Waals surface area contributed by atoms with Gasteiger partial charge in [0.25, 0.3) is 11.4 Å². The monoisotopic (exact) mass is 340 g/mol. The summed E-state index contributed by atoms with van der Waals surface area (Å²) >= 11 is 0. The van der Waals surface area contributed by atoms with Crippen LogP contribution in [0.4, 0.5) is 5.69 Å². The summed E-state index contributed by atoms with van der Waals surface area (Å²) in [6, 6.07) is 5.54. The minimum absolute atomic E-state index is 0.162. The molecule has 0 saturated carbocycles. The molecule has 1 fully saturated rings. The molecule has 1 aliphatic heterocycles. The molecule has 1 aliphatic rings. The average molecular weight is 340 g/mol. The number of aryl methyl sites for hydroxylation is 1. The van der Waals surface area contributed by atoms with Crippen molar-refractivity contribution in [3.05, 3.63) is 46.3 Å². The minimum Gasteiger partial charge on any atom is -0.417 e. The molecule has 25 heavy (non-hydrogen) atoms. The summed E-state index contributed by atoms with van der Waals surface area (Å²) in [6.45, 7) is 4.13. The first kappa shape index (κ1) is 15.6. The quantitative estimate of drug-likeness (QED) is 0.717. The van der Waals surface area contributed by atoms with Crippen LogP contribution >= 0.6 is 0 Å². The highest BCUT2D eigenvalue weighted by atomic mass is 16.4. The second-order valence-corrected chi connectivity index (χ2v) is 6.32. The Bertz CT molecular complexity index is 948. The van der Waals surface area contributed by atoms with Crippen LogP contribution in [0.3, 0.4) is 0 Å². The van der Waals surface area contributed by atoms with Crippen LogP contribution in [-0.2, 0) is 13.6 Å². The van der Waals surface area contributed by atoms with Gasteiger partial charge in [-0.1, -0.05) is 0 Å². The van der Waals surface area contributed by atoms with E-state index in [1.165, 1.54) is 4.68 Å². The third-order valence-electron chi connectivity index (χ3n) is 4.67. The van der Waals surface area contributed by atoms with E-state index in [2.05, 4.69) is 20.2 Å². The van der Waals surface area contributed by atoms with Crippen LogP contribution in [0, 0.1) is 6.92 Å². The molecular formula is C17H20N6O2. The summed E-state index contributed by atoms with van der Waals surface area (Å²) in [5.41, 5.74) is 2.66. The molecule has 0 aromatic carbocycles. The molecule has 3 aromatic heterocycles. The van der Waals surface area contributed by atoms with Gasteiger partial charge in [-0.15, -0.1) is 10.2 Å². The van der Waals surface area contributed by atoms with Gasteiger partial charge in [0, 0.05) is 31.9 Å². The summed E-state index contributed by atoms with van der Waals surface area (Å²) in [7, 11) is 1.94. The maximum Gasteiger partial charge on any atom is 0.269 e. The molecule has 4 heterocycles. The van der Waals surface area contributed by atoms with Crippen LogP contribution in [0.25, 0.3) is 11.6 Å². The molecule has 0 unspecified atom stereocenters. The Morgan fingerprint density at radius 1 is 1.20 bits per heavy atom. The highest BCUT2D eigenvalue weighted by molar-refractivity contribution is 5.49. The van der Waals surface area contributed by atoms with Crippen molar-refractivity contribution in [2.75, 3.05) is 18.0 Å². The van der Waals surface area contributed by atoms with Crippen molar-refractivity contribution in [1.29, 1.82) is 0 Å². The van der Waals surface area contributed by atoms with Gasteiger partial charge in [-0.3, -0.25) is 4.79 Å². The Kier molecular flexibility index (Phi) is 3.87. The van der Waals surface area contributed by atoms with E-state index in [1.807, 2.05) is 30.7 Å². The molecule has 8 nitrogen and oxygen atoms in total. The van der Waals surface area contributed by atoms with Gasteiger partial charge < -0.3 is 13.9 Å². The second kappa shape index (κ2) is 6.19. The fraction of sp³-hybridized carbons (Fsp3) is 0.412. The van der Waals surface area contributed by atoms with Crippen molar-refractivity contribution in [1.82, 2.24) is 24.5 Å². The van der Waals surface area contributed by atoms with E-state index < -0.39 is 0 Å². The molecule has 0 N–H and O–H groups in total. The molecule has 4 rings (SSSR count). The first-order valence-corrected chi connectivity index (χ1v) is 8.39. The fourth-order valence-corrected chi connectivity index (χ4v) is 3.07. The van der Waals surface area contributed by atoms with E-state index in [-0.39, 0.29) is 12.1 Å². The molecule has 0 radical (unpaired) electrons. The number of nitrogens with zero attached hydrogens (tertiary/aromatic N) is 6. The first-order chi connectivity index (χ1) is 12.1. The van der Waals surface area contributed by atoms with Crippen LogP contribution in [0.15, 0.2) is 33.6 Å². The van der Waals surface area contributed by atoms with E-state index in [0.29, 0.717) is 11.8 Å². The maximum absolute atomic E-state index is 12.3. The number of anilines is 1. The predicted molar refractivity (Wildman–Crippen MR) is 92.5 cm³/mol. The third kappa shape index (κ3) is 2.95.